The molecule has 1 aliphatic heterocycles. The van der Waals surface area contributed by atoms with E-state index in [0.717, 1.165) is 19.5 Å². The van der Waals surface area contributed by atoms with Crippen LogP contribution in [0.5, 0.6) is 5.75 Å². The van der Waals surface area contributed by atoms with Crippen molar-refractivity contribution in [3.63, 3.8) is 0 Å². The number of carbonyl (C=O) groups is 1. The number of nitrogens with two attached hydrogens (primary N) is 1. The zero-order valence-corrected chi connectivity index (χ0v) is 12.2. The van der Waals surface area contributed by atoms with Crippen LogP contribution in [0.4, 0.5) is 5.69 Å². The summed E-state index contributed by atoms with van der Waals surface area (Å²) in [5, 5.41) is 2.98. The number of carbonyl (C=O) groups excluding carboxylic acids is 1. The fourth-order valence-corrected chi connectivity index (χ4v) is 2.80. The van der Waals surface area contributed by atoms with Crippen LogP contribution in [0, 0.1) is 0 Å². The number of likely N-dealkylation sites (N-methyl/N-ethyl adjacent to an activating group) is 1. The molecule has 3 N–H and O–H groups in total. The molecule has 0 aliphatic carbocycles. The molecule has 1 aromatic carbocycles. The van der Waals surface area contributed by atoms with E-state index in [1.165, 1.54) is 6.42 Å². The number of nitrogens with one attached hydrogen (secondary N) is 1. The maximum atomic E-state index is 12.3. The molecule has 0 spiro atoms. The molecule has 1 aliphatic rings. The van der Waals surface area contributed by atoms with E-state index in [-0.39, 0.29) is 5.91 Å². The number of hydrogen-bond acceptors (Lipinski definition) is 4. The monoisotopic (exact) mass is 277 g/mol. The molecule has 1 saturated heterocycles. The first-order valence-corrected chi connectivity index (χ1v) is 7.12. The van der Waals surface area contributed by atoms with Crippen LogP contribution in [-0.4, -0.2) is 43.6 Å². The normalized spacial score (nSPS) is 19.0. The first-order chi connectivity index (χ1) is 9.67. The Balaban J connectivity index is 2.02. The molecular weight excluding hydrogens is 254 g/mol. The number of rotatable bonds is 5. The van der Waals surface area contributed by atoms with E-state index in [9.17, 15) is 4.79 Å². The number of nitrogens with zero attached hydrogens (tertiary/aromatic N) is 1. The highest BCUT2D eigenvalue weighted by Gasteiger charge is 2.24. The summed E-state index contributed by atoms with van der Waals surface area (Å²) in [6, 6.07) is 5.67. The average molecular weight is 277 g/mol. The number of benzene rings is 1. The molecule has 0 radical (unpaired) electrons. The fourth-order valence-electron chi connectivity index (χ4n) is 2.80. The summed E-state index contributed by atoms with van der Waals surface area (Å²) >= 11 is 0. The summed E-state index contributed by atoms with van der Waals surface area (Å²) < 4.78 is 5.21. The van der Waals surface area contributed by atoms with Gasteiger partial charge in [0.05, 0.1) is 7.11 Å². The van der Waals surface area contributed by atoms with Crippen molar-refractivity contribution in [2.75, 3.05) is 32.5 Å². The van der Waals surface area contributed by atoms with E-state index in [4.69, 9.17) is 10.5 Å². The van der Waals surface area contributed by atoms with Gasteiger partial charge in [-0.2, -0.15) is 0 Å². The second-order valence-electron chi connectivity index (χ2n) is 5.06. The lowest BCUT2D eigenvalue weighted by atomic mass is 10.1. The maximum absolute atomic E-state index is 12.3. The van der Waals surface area contributed by atoms with Gasteiger partial charge in [-0.1, -0.05) is 13.0 Å². The van der Waals surface area contributed by atoms with Gasteiger partial charge in [-0.15, -0.1) is 0 Å². The van der Waals surface area contributed by atoms with E-state index in [0.29, 0.717) is 29.6 Å². The van der Waals surface area contributed by atoms with Crippen LogP contribution in [0.25, 0.3) is 0 Å². The molecular formula is C15H23N3O2. The van der Waals surface area contributed by atoms with Crippen molar-refractivity contribution in [3.05, 3.63) is 23.8 Å². The van der Waals surface area contributed by atoms with Crippen LogP contribution in [-0.2, 0) is 0 Å². The Morgan fingerprint density at radius 3 is 3.05 bits per heavy atom. The van der Waals surface area contributed by atoms with E-state index in [1.54, 1.807) is 25.3 Å². The summed E-state index contributed by atoms with van der Waals surface area (Å²) in [4.78, 5) is 14.7. The van der Waals surface area contributed by atoms with Crippen LogP contribution in [0.3, 0.4) is 0 Å². The molecule has 1 atom stereocenters. The van der Waals surface area contributed by atoms with Crippen molar-refractivity contribution in [2.45, 2.75) is 25.8 Å². The Bertz CT molecular complexity index is 476. The molecule has 110 valence electrons. The predicted octanol–water partition coefficient (Wildman–Crippen LogP) is 1.49. The van der Waals surface area contributed by atoms with Crippen LogP contribution < -0.4 is 15.8 Å². The minimum Gasteiger partial charge on any atom is -0.496 e. The third-order valence-corrected chi connectivity index (χ3v) is 3.91. The summed E-state index contributed by atoms with van der Waals surface area (Å²) in [6.07, 6.45) is 2.33. The molecule has 5 nitrogen and oxygen atoms in total. The first kappa shape index (κ1) is 14.7. The molecule has 1 heterocycles. The summed E-state index contributed by atoms with van der Waals surface area (Å²) in [7, 11) is 1.54. The van der Waals surface area contributed by atoms with Crippen LogP contribution >= 0.6 is 0 Å². The molecule has 5 heteroatoms. The van der Waals surface area contributed by atoms with Gasteiger partial charge in [0, 0.05) is 18.3 Å². The Hall–Kier alpha value is -1.75. The van der Waals surface area contributed by atoms with Gasteiger partial charge in [0.15, 0.2) is 0 Å². The zero-order chi connectivity index (χ0) is 14.5. The van der Waals surface area contributed by atoms with Crippen LogP contribution in [0.2, 0.25) is 0 Å². The summed E-state index contributed by atoms with van der Waals surface area (Å²) in [5.41, 5.74) is 6.76. The van der Waals surface area contributed by atoms with E-state index in [2.05, 4.69) is 17.1 Å². The SMILES string of the molecule is CCN1CCCC1CNC(=O)c1c(N)cccc1OC. The standard InChI is InChI=1S/C15H23N3O2/c1-3-18-9-5-6-11(18)10-17-15(19)14-12(16)7-4-8-13(14)20-2/h4,7-8,11H,3,5-6,9-10,16H2,1-2H3,(H,17,19). The number of amides is 1. The molecule has 2 rings (SSSR count). The number of likely N-dealkylation sites (tertiary alicyclic amines) is 1. The van der Waals surface area contributed by atoms with Gasteiger partial charge >= 0.3 is 0 Å². The third-order valence-electron chi connectivity index (χ3n) is 3.91. The summed E-state index contributed by atoms with van der Waals surface area (Å²) in [6.45, 7) is 4.95. The Kier molecular flexibility index (Phi) is 4.84. The van der Waals surface area contributed by atoms with E-state index >= 15 is 0 Å². The fraction of sp³-hybridized carbons (Fsp3) is 0.533. The average Bonchev–Trinajstić information content (AvgIpc) is 2.91. The van der Waals surface area contributed by atoms with Gasteiger partial charge in [-0.25, -0.2) is 0 Å². The minimum atomic E-state index is -0.164. The second kappa shape index (κ2) is 6.61. The Morgan fingerprint density at radius 1 is 1.55 bits per heavy atom. The first-order valence-electron chi connectivity index (χ1n) is 7.12. The second-order valence-corrected chi connectivity index (χ2v) is 5.06. The largest absolute Gasteiger partial charge is 0.496 e. The summed E-state index contributed by atoms with van der Waals surface area (Å²) in [5.74, 6) is 0.351. The molecule has 0 aromatic heterocycles. The number of anilines is 1. The van der Waals surface area contributed by atoms with Crippen molar-refractivity contribution >= 4 is 11.6 Å². The van der Waals surface area contributed by atoms with Gasteiger partial charge in [-0.05, 0) is 38.1 Å². The van der Waals surface area contributed by atoms with Crippen molar-refractivity contribution in [1.29, 1.82) is 0 Å². The minimum absolute atomic E-state index is 0.164. The van der Waals surface area contributed by atoms with Gasteiger partial charge in [-0.3, -0.25) is 9.69 Å². The number of hydrogen-bond donors (Lipinski definition) is 2. The Labute approximate surface area is 120 Å². The highest BCUT2D eigenvalue weighted by atomic mass is 16.5. The lowest BCUT2D eigenvalue weighted by Crippen LogP contribution is -2.40. The number of nitrogen functional groups attached to an aromatic ring is 1. The van der Waals surface area contributed by atoms with Gasteiger partial charge < -0.3 is 15.8 Å². The van der Waals surface area contributed by atoms with Crippen LogP contribution in [0.1, 0.15) is 30.1 Å². The van der Waals surface area contributed by atoms with Gasteiger partial charge in [0.1, 0.15) is 11.3 Å². The van der Waals surface area contributed by atoms with Crippen molar-refractivity contribution in [2.24, 2.45) is 0 Å². The molecule has 0 bridgehead atoms. The quantitative estimate of drug-likeness (QED) is 0.800. The van der Waals surface area contributed by atoms with E-state index < -0.39 is 0 Å². The lowest BCUT2D eigenvalue weighted by Gasteiger charge is -2.23. The van der Waals surface area contributed by atoms with Crippen LogP contribution in [0.15, 0.2) is 18.2 Å². The third kappa shape index (κ3) is 3.04. The maximum Gasteiger partial charge on any atom is 0.257 e. The molecule has 1 fully saturated rings. The molecule has 1 amide bonds. The topological polar surface area (TPSA) is 67.6 Å². The molecule has 20 heavy (non-hydrogen) atoms. The number of ether oxygens (including phenoxy) is 1. The zero-order valence-electron chi connectivity index (χ0n) is 12.2. The molecule has 1 aromatic rings. The van der Waals surface area contributed by atoms with E-state index in [1.807, 2.05) is 0 Å². The van der Waals surface area contributed by atoms with Crippen molar-refractivity contribution in [1.82, 2.24) is 10.2 Å². The van der Waals surface area contributed by atoms with Gasteiger partial charge in [0.25, 0.3) is 5.91 Å². The predicted molar refractivity (Wildman–Crippen MR) is 80.0 cm³/mol. The Morgan fingerprint density at radius 2 is 2.35 bits per heavy atom. The number of methoxy groups -OCH3 is 1. The lowest BCUT2D eigenvalue weighted by molar-refractivity contribution is 0.0939. The van der Waals surface area contributed by atoms with Crippen molar-refractivity contribution in [3.8, 4) is 5.75 Å². The molecule has 0 saturated carbocycles. The smallest absolute Gasteiger partial charge is 0.257 e. The highest BCUT2D eigenvalue weighted by Crippen LogP contribution is 2.24. The van der Waals surface area contributed by atoms with Crippen molar-refractivity contribution < 1.29 is 9.53 Å². The highest BCUT2D eigenvalue weighted by molar-refractivity contribution is 6.01. The van der Waals surface area contributed by atoms with Gasteiger partial charge in [0.2, 0.25) is 0 Å². The molecule has 1 unspecified atom stereocenters.